The third-order valence-electron chi connectivity index (χ3n) is 17.6. The van der Waals surface area contributed by atoms with Gasteiger partial charge < -0.3 is 9.64 Å². The summed E-state index contributed by atoms with van der Waals surface area (Å²) in [5, 5.41) is 4.96. The van der Waals surface area contributed by atoms with Crippen LogP contribution in [0.5, 0.6) is 11.5 Å². The number of para-hydroxylation sites is 1. The molecular formula is C73H47NOS2. The van der Waals surface area contributed by atoms with Crippen LogP contribution in [0.4, 0.5) is 17.1 Å². The molecule has 0 saturated heterocycles. The molecule has 2 unspecified atom stereocenters. The monoisotopic (exact) mass is 1020 g/mol. The number of allylic oxidation sites excluding steroid dienone is 4. The van der Waals surface area contributed by atoms with Crippen LogP contribution in [0, 0.1) is 5.92 Å². The molecule has 0 saturated carbocycles. The van der Waals surface area contributed by atoms with Crippen molar-refractivity contribution in [3.05, 3.63) is 299 Å². The number of hydrogen-bond acceptors (Lipinski definition) is 4. The highest BCUT2D eigenvalue weighted by Gasteiger charge is 2.54. The lowest BCUT2D eigenvalue weighted by atomic mass is 9.62. The van der Waals surface area contributed by atoms with Gasteiger partial charge in [0.15, 0.2) is 0 Å². The van der Waals surface area contributed by atoms with E-state index in [1.807, 2.05) is 23.1 Å². The SMILES string of the molecule is CC1CC=CC2=C1C1(c3ccccc3Oc3ccc(N(c4ccc5c(c4)C4(c6ccccc6S5)c5ccccc5-c5ccccc54)c4cc(-c5cccc6sc7ccccc7c56)cc5ccccc45)cc31)c1ccccc12. The third kappa shape index (κ3) is 5.81. The predicted molar refractivity (Wildman–Crippen MR) is 321 cm³/mol. The van der Waals surface area contributed by atoms with Crippen molar-refractivity contribution in [2.45, 2.75) is 34.0 Å². The second kappa shape index (κ2) is 16.2. The molecule has 362 valence electrons. The fraction of sp³-hybridized carbons (Fsp3) is 0.0685. The van der Waals surface area contributed by atoms with Gasteiger partial charge in [0.05, 0.1) is 16.5 Å². The summed E-state index contributed by atoms with van der Waals surface area (Å²) in [4.78, 5) is 5.14. The van der Waals surface area contributed by atoms with Gasteiger partial charge in [-0.2, -0.15) is 0 Å². The van der Waals surface area contributed by atoms with Crippen molar-refractivity contribution in [1.29, 1.82) is 0 Å². The second-order valence-corrected chi connectivity index (χ2v) is 23.6. The lowest BCUT2D eigenvalue weighted by molar-refractivity contribution is 0.424. The number of hydrogen-bond donors (Lipinski definition) is 0. The molecular weight excluding hydrogens is 971 g/mol. The Bertz CT molecular complexity index is 4570. The molecule has 1 aromatic heterocycles. The summed E-state index contributed by atoms with van der Waals surface area (Å²) in [6.07, 6.45) is 5.75. The molecule has 0 radical (unpaired) electrons. The zero-order valence-corrected chi connectivity index (χ0v) is 43.8. The molecule has 77 heavy (non-hydrogen) atoms. The Hall–Kier alpha value is -8.67. The van der Waals surface area contributed by atoms with Crippen molar-refractivity contribution in [3.63, 3.8) is 0 Å². The van der Waals surface area contributed by atoms with Crippen molar-refractivity contribution in [2.75, 3.05) is 4.90 Å². The Morgan fingerprint density at radius 1 is 0.455 bits per heavy atom. The van der Waals surface area contributed by atoms with Crippen molar-refractivity contribution in [2.24, 2.45) is 5.92 Å². The van der Waals surface area contributed by atoms with E-state index in [2.05, 4.69) is 261 Å². The number of rotatable bonds is 4. The average Bonchev–Trinajstić information content (AvgIpc) is 4.30. The van der Waals surface area contributed by atoms with Gasteiger partial charge in [-0.25, -0.2) is 0 Å². The van der Waals surface area contributed by atoms with Crippen LogP contribution in [0.15, 0.2) is 264 Å². The van der Waals surface area contributed by atoms with E-state index in [-0.39, 0.29) is 0 Å². The minimum absolute atomic E-state index is 0.298. The van der Waals surface area contributed by atoms with Gasteiger partial charge >= 0.3 is 0 Å². The lowest BCUT2D eigenvalue weighted by Gasteiger charge is -2.43. The van der Waals surface area contributed by atoms with E-state index >= 15 is 0 Å². The number of fused-ring (bicyclic) bond motifs is 21. The van der Waals surface area contributed by atoms with E-state index < -0.39 is 10.8 Å². The smallest absolute Gasteiger partial charge is 0.132 e. The Morgan fingerprint density at radius 2 is 1.05 bits per heavy atom. The van der Waals surface area contributed by atoms with Crippen LogP contribution in [-0.4, -0.2) is 0 Å². The molecule has 2 nitrogen and oxygen atoms in total. The van der Waals surface area contributed by atoms with Crippen LogP contribution in [0.25, 0.3) is 58.8 Å². The molecule has 3 heterocycles. The van der Waals surface area contributed by atoms with Crippen molar-refractivity contribution in [3.8, 4) is 33.8 Å². The van der Waals surface area contributed by atoms with Gasteiger partial charge in [-0.1, -0.05) is 195 Å². The molecule has 2 atom stereocenters. The van der Waals surface area contributed by atoms with E-state index in [0.717, 1.165) is 35.0 Å². The Balaban J connectivity index is 0.981. The molecule has 0 fully saturated rings. The molecule has 0 amide bonds. The van der Waals surface area contributed by atoms with E-state index in [1.54, 1.807) is 0 Å². The van der Waals surface area contributed by atoms with Crippen molar-refractivity contribution in [1.82, 2.24) is 0 Å². The van der Waals surface area contributed by atoms with E-state index in [1.165, 1.54) is 119 Å². The van der Waals surface area contributed by atoms with Gasteiger partial charge in [0.25, 0.3) is 0 Å². The first-order chi connectivity index (χ1) is 38.1. The highest BCUT2D eigenvalue weighted by atomic mass is 32.2. The van der Waals surface area contributed by atoms with E-state index in [9.17, 15) is 0 Å². The third-order valence-corrected chi connectivity index (χ3v) is 19.9. The molecule has 2 aliphatic heterocycles. The van der Waals surface area contributed by atoms with Gasteiger partial charge in [-0.3, -0.25) is 0 Å². The zero-order chi connectivity index (χ0) is 50.6. The fourth-order valence-corrected chi connectivity index (χ4v) is 17.0. The van der Waals surface area contributed by atoms with Crippen molar-refractivity contribution < 1.29 is 4.74 Å². The maximum absolute atomic E-state index is 7.13. The van der Waals surface area contributed by atoms with Crippen LogP contribution in [0.1, 0.15) is 57.9 Å². The molecule has 3 aliphatic carbocycles. The molecule has 17 rings (SSSR count). The van der Waals surface area contributed by atoms with Crippen LogP contribution in [0.2, 0.25) is 0 Å². The normalized spacial score (nSPS) is 17.6. The number of anilines is 3. The van der Waals surface area contributed by atoms with Gasteiger partial charge in [0, 0.05) is 57.9 Å². The van der Waals surface area contributed by atoms with Gasteiger partial charge in [-0.15, -0.1) is 11.3 Å². The summed E-state index contributed by atoms with van der Waals surface area (Å²) in [6.45, 7) is 2.42. The zero-order valence-electron chi connectivity index (χ0n) is 42.1. The minimum atomic E-state index is -0.584. The standard InChI is InChI=1S/C73H47NOS2/c1-44-18-16-26-54-53-23-6-10-29-58(53)73(71(44)54)59-30-11-13-32-64(59)75-65-38-36-47(42-61(65)73)74(63-41-46(40-45-19-2-3-20-49(45)63)50-25-17-35-69-70(50)55-24-7-14-33-66(55)76-69)48-37-39-68-62(43-48)72(60-31-12-15-34-67(60)77-68)56-27-8-4-21-51(56)52-22-5-9-28-57(52)72/h2-17,19-44H,18H2,1H3. The number of thiophene rings is 1. The Labute approximate surface area is 455 Å². The summed E-state index contributed by atoms with van der Waals surface area (Å²) in [5.41, 5.74) is 20.2. The lowest BCUT2D eigenvalue weighted by Crippen LogP contribution is -2.36. The maximum Gasteiger partial charge on any atom is 0.132 e. The first kappa shape index (κ1) is 43.6. The summed E-state index contributed by atoms with van der Waals surface area (Å²) in [6, 6.07) is 89.4. The molecule has 0 N–H and O–H groups in total. The summed E-state index contributed by atoms with van der Waals surface area (Å²) < 4.78 is 9.73. The van der Waals surface area contributed by atoms with Crippen LogP contribution in [0.3, 0.4) is 0 Å². The molecule has 4 heteroatoms. The number of ether oxygens (including phenoxy) is 1. The highest BCUT2D eigenvalue weighted by Crippen LogP contribution is 2.66. The van der Waals surface area contributed by atoms with Crippen LogP contribution in [-0.2, 0) is 10.8 Å². The van der Waals surface area contributed by atoms with Gasteiger partial charge in [0.1, 0.15) is 11.5 Å². The number of benzene rings is 11. The van der Waals surface area contributed by atoms with Crippen LogP contribution < -0.4 is 9.64 Å². The first-order valence-electron chi connectivity index (χ1n) is 26.9. The molecule has 5 aliphatic rings. The minimum Gasteiger partial charge on any atom is -0.457 e. The predicted octanol–water partition coefficient (Wildman–Crippen LogP) is 20.0. The summed E-state index contributed by atoms with van der Waals surface area (Å²) >= 11 is 3.77. The van der Waals surface area contributed by atoms with Crippen LogP contribution >= 0.6 is 23.1 Å². The van der Waals surface area contributed by atoms with Crippen molar-refractivity contribution >= 4 is 76.7 Å². The Morgan fingerprint density at radius 3 is 1.87 bits per heavy atom. The molecule has 2 spiro atoms. The fourth-order valence-electron chi connectivity index (χ4n) is 14.7. The molecule has 11 aromatic carbocycles. The Kier molecular flexibility index (Phi) is 9.15. The topological polar surface area (TPSA) is 12.5 Å². The summed E-state index contributed by atoms with van der Waals surface area (Å²) in [7, 11) is 0. The highest BCUT2D eigenvalue weighted by molar-refractivity contribution is 7.99. The average molecular weight is 1020 g/mol. The van der Waals surface area contributed by atoms with Gasteiger partial charge in [-0.05, 0) is 157 Å². The second-order valence-electron chi connectivity index (χ2n) is 21.4. The first-order valence-corrected chi connectivity index (χ1v) is 28.5. The van der Waals surface area contributed by atoms with E-state index in [4.69, 9.17) is 4.74 Å². The molecule has 12 aromatic rings. The summed E-state index contributed by atoms with van der Waals surface area (Å²) in [5.74, 6) is 2.11. The maximum atomic E-state index is 7.13. The van der Waals surface area contributed by atoms with Gasteiger partial charge in [0.2, 0.25) is 0 Å². The largest absolute Gasteiger partial charge is 0.457 e. The van der Waals surface area contributed by atoms with E-state index in [0.29, 0.717) is 5.92 Å². The molecule has 0 bridgehead atoms. The number of nitrogens with zero attached hydrogens (tertiary/aromatic N) is 1. The quantitative estimate of drug-likeness (QED) is 0.174.